The largest absolute Gasteiger partial charge is 0.394 e. The van der Waals surface area contributed by atoms with Crippen LogP contribution in [0.1, 0.15) is 12.8 Å². The van der Waals surface area contributed by atoms with Crippen LogP contribution in [0.2, 0.25) is 0 Å². The standard InChI is InChI=1S/C21H26N6O3S/c28-12-14-11-27(8-9-30-14)21-25-18(23-13-4-3-7-22-10-13)17(19(29)26-21)20-24-15-5-1-2-6-16(15)31-20/h1-2,5-6,13-14,22,28H,3-4,7-12H2,(H2,23,25,26,29). The fourth-order valence-corrected chi connectivity index (χ4v) is 5.09. The molecule has 0 amide bonds. The lowest BCUT2D eigenvalue weighted by Crippen LogP contribution is -2.45. The maximum absolute atomic E-state index is 13.3. The SMILES string of the molecule is O=c1[nH]c(N2CCOC(CO)C2)nc(NC2CCCNC2)c1-c1nc2ccccc2s1. The van der Waals surface area contributed by atoms with Crippen molar-refractivity contribution < 1.29 is 9.84 Å². The van der Waals surface area contributed by atoms with Crippen molar-refractivity contribution >= 4 is 33.3 Å². The van der Waals surface area contributed by atoms with Crippen LogP contribution in [0.5, 0.6) is 0 Å². The van der Waals surface area contributed by atoms with E-state index in [9.17, 15) is 9.90 Å². The molecule has 4 N–H and O–H groups in total. The zero-order valence-corrected chi connectivity index (χ0v) is 18.0. The van der Waals surface area contributed by atoms with Crippen molar-refractivity contribution in [3.63, 3.8) is 0 Å². The average Bonchev–Trinajstić information content (AvgIpc) is 3.23. The summed E-state index contributed by atoms with van der Waals surface area (Å²) in [7, 11) is 0. The molecule has 2 unspecified atom stereocenters. The van der Waals surface area contributed by atoms with Gasteiger partial charge < -0.3 is 25.4 Å². The fraction of sp³-hybridized carbons (Fsp3) is 0.476. The van der Waals surface area contributed by atoms with Crippen LogP contribution < -0.4 is 21.1 Å². The van der Waals surface area contributed by atoms with Gasteiger partial charge in [0.2, 0.25) is 5.95 Å². The number of aliphatic hydroxyl groups excluding tert-OH is 1. The second kappa shape index (κ2) is 8.91. The van der Waals surface area contributed by atoms with E-state index >= 15 is 0 Å². The first-order valence-corrected chi connectivity index (χ1v) is 11.5. The Morgan fingerprint density at radius 2 is 2.23 bits per heavy atom. The van der Waals surface area contributed by atoms with Gasteiger partial charge in [0.1, 0.15) is 16.4 Å². The number of aromatic nitrogens is 3. The molecule has 3 aromatic rings. The number of benzene rings is 1. The Labute approximate surface area is 183 Å². The van der Waals surface area contributed by atoms with E-state index in [1.165, 1.54) is 11.3 Å². The van der Waals surface area contributed by atoms with Crippen LogP contribution in [0.3, 0.4) is 0 Å². The Hall–Kier alpha value is -2.53. The molecule has 2 atom stereocenters. The fourth-order valence-electron chi connectivity index (χ4n) is 4.08. The molecule has 0 saturated carbocycles. The van der Waals surface area contributed by atoms with Crippen molar-refractivity contribution in [2.24, 2.45) is 0 Å². The smallest absolute Gasteiger partial charge is 0.264 e. The van der Waals surface area contributed by atoms with Gasteiger partial charge in [-0.15, -0.1) is 11.3 Å². The maximum atomic E-state index is 13.3. The van der Waals surface area contributed by atoms with Gasteiger partial charge in [-0.1, -0.05) is 12.1 Å². The number of thiazole rings is 1. The molecule has 2 aliphatic heterocycles. The summed E-state index contributed by atoms with van der Waals surface area (Å²) >= 11 is 1.49. The summed E-state index contributed by atoms with van der Waals surface area (Å²) in [6, 6.07) is 8.07. The summed E-state index contributed by atoms with van der Waals surface area (Å²) in [6.45, 7) is 3.32. The zero-order valence-electron chi connectivity index (χ0n) is 17.1. The van der Waals surface area contributed by atoms with E-state index in [4.69, 9.17) is 14.7 Å². The molecule has 2 aliphatic rings. The average molecular weight is 443 g/mol. The second-order valence-corrected chi connectivity index (χ2v) is 8.94. The Morgan fingerprint density at radius 1 is 1.32 bits per heavy atom. The molecule has 2 fully saturated rings. The van der Waals surface area contributed by atoms with Crippen molar-refractivity contribution in [2.75, 3.05) is 49.6 Å². The van der Waals surface area contributed by atoms with Crippen LogP contribution in [0.4, 0.5) is 11.8 Å². The van der Waals surface area contributed by atoms with E-state index in [0.717, 1.165) is 36.1 Å². The van der Waals surface area contributed by atoms with Gasteiger partial charge in [-0.25, -0.2) is 4.98 Å². The summed E-state index contributed by atoms with van der Waals surface area (Å²) in [5.41, 5.74) is 1.13. The monoisotopic (exact) mass is 442 g/mol. The van der Waals surface area contributed by atoms with E-state index in [0.29, 0.717) is 42.0 Å². The van der Waals surface area contributed by atoms with Crippen molar-refractivity contribution in [2.45, 2.75) is 25.0 Å². The summed E-state index contributed by atoms with van der Waals surface area (Å²) < 4.78 is 6.58. The van der Waals surface area contributed by atoms with Gasteiger partial charge >= 0.3 is 0 Å². The normalized spacial score (nSPS) is 22.0. The van der Waals surface area contributed by atoms with Crippen molar-refractivity contribution in [3.05, 3.63) is 34.6 Å². The molecule has 31 heavy (non-hydrogen) atoms. The first-order valence-electron chi connectivity index (χ1n) is 10.7. The highest BCUT2D eigenvalue weighted by atomic mass is 32.1. The number of H-pyrrole nitrogens is 1. The van der Waals surface area contributed by atoms with E-state index in [1.54, 1.807) is 0 Å². The molecule has 0 radical (unpaired) electrons. The van der Waals surface area contributed by atoms with Gasteiger partial charge in [-0.05, 0) is 31.5 Å². The number of piperidine rings is 1. The van der Waals surface area contributed by atoms with Crippen LogP contribution in [0.25, 0.3) is 20.8 Å². The van der Waals surface area contributed by atoms with E-state index in [2.05, 4.69) is 15.6 Å². The number of aromatic amines is 1. The summed E-state index contributed by atoms with van der Waals surface area (Å²) in [6.07, 6.45) is 1.80. The van der Waals surface area contributed by atoms with Crippen LogP contribution in [-0.4, -0.2) is 71.6 Å². The Bertz CT molecular complexity index is 1080. The van der Waals surface area contributed by atoms with Gasteiger partial charge in [0.05, 0.1) is 29.5 Å². The summed E-state index contributed by atoms with van der Waals surface area (Å²) in [5.74, 6) is 1.04. The number of hydrogen-bond acceptors (Lipinski definition) is 9. The third kappa shape index (κ3) is 4.29. The highest BCUT2D eigenvalue weighted by molar-refractivity contribution is 7.21. The number of nitrogens with zero attached hydrogens (tertiary/aromatic N) is 3. The lowest BCUT2D eigenvalue weighted by molar-refractivity contribution is 0.00313. The molecule has 9 nitrogen and oxygen atoms in total. The number of morpholine rings is 1. The minimum absolute atomic E-state index is 0.0661. The van der Waals surface area contributed by atoms with E-state index in [-0.39, 0.29) is 24.3 Å². The third-order valence-corrected chi connectivity index (χ3v) is 6.75. The molecule has 164 valence electrons. The van der Waals surface area contributed by atoms with Crippen LogP contribution >= 0.6 is 11.3 Å². The topological polar surface area (TPSA) is 115 Å². The summed E-state index contributed by atoms with van der Waals surface area (Å²) in [4.78, 5) is 27.7. The van der Waals surface area contributed by atoms with E-state index < -0.39 is 0 Å². The van der Waals surface area contributed by atoms with Crippen molar-refractivity contribution in [3.8, 4) is 10.6 Å². The van der Waals surface area contributed by atoms with E-state index in [1.807, 2.05) is 29.2 Å². The molecule has 0 bridgehead atoms. The molecule has 5 rings (SSSR count). The number of hydrogen-bond donors (Lipinski definition) is 4. The van der Waals surface area contributed by atoms with Gasteiger partial charge in [-0.2, -0.15) is 4.98 Å². The third-order valence-electron chi connectivity index (χ3n) is 5.69. The molecule has 2 saturated heterocycles. The van der Waals surface area contributed by atoms with Gasteiger partial charge in [-0.3, -0.25) is 9.78 Å². The summed E-state index contributed by atoms with van der Waals surface area (Å²) in [5, 5.41) is 17.0. The van der Waals surface area contributed by atoms with Gasteiger partial charge in [0.15, 0.2) is 0 Å². The highest BCUT2D eigenvalue weighted by Crippen LogP contribution is 2.32. The first-order chi connectivity index (χ1) is 15.2. The van der Waals surface area contributed by atoms with Crippen LogP contribution in [0.15, 0.2) is 29.1 Å². The molecule has 0 aliphatic carbocycles. The van der Waals surface area contributed by atoms with Gasteiger partial charge in [0.25, 0.3) is 5.56 Å². The number of aliphatic hydroxyl groups is 1. The molecular formula is C21H26N6O3S. The maximum Gasteiger partial charge on any atom is 0.264 e. The molecule has 2 aromatic heterocycles. The Kier molecular flexibility index (Phi) is 5.86. The van der Waals surface area contributed by atoms with Gasteiger partial charge in [0, 0.05) is 25.7 Å². The minimum atomic E-state index is -0.290. The van der Waals surface area contributed by atoms with Crippen molar-refractivity contribution in [1.29, 1.82) is 0 Å². The predicted molar refractivity (Wildman–Crippen MR) is 122 cm³/mol. The first kappa shape index (κ1) is 20.4. The molecule has 1 aromatic carbocycles. The number of anilines is 2. The van der Waals surface area contributed by atoms with Crippen molar-refractivity contribution in [1.82, 2.24) is 20.3 Å². The Morgan fingerprint density at radius 3 is 3.03 bits per heavy atom. The second-order valence-electron chi connectivity index (χ2n) is 7.91. The van der Waals surface area contributed by atoms with Crippen LogP contribution in [-0.2, 0) is 4.74 Å². The number of rotatable bonds is 5. The Balaban J connectivity index is 1.56. The molecular weight excluding hydrogens is 416 g/mol. The zero-order chi connectivity index (χ0) is 21.2. The molecule has 4 heterocycles. The number of para-hydroxylation sites is 1. The van der Waals surface area contributed by atoms with Crippen LogP contribution in [0, 0.1) is 0 Å². The number of nitrogens with one attached hydrogen (secondary N) is 3. The molecule has 10 heteroatoms. The lowest BCUT2D eigenvalue weighted by Gasteiger charge is -2.33. The predicted octanol–water partition coefficient (Wildman–Crippen LogP) is 1.41. The minimum Gasteiger partial charge on any atom is -0.394 e. The number of fused-ring (bicyclic) bond motifs is 1. The lowest BCUT2D eigenvalue weighted by atomic mass is 10.1. The highest BCUT2D eigenvalue weighted by Gasteiger charge is 2.26. The molecule has 0 spiro atoms. The quantitative estimate of drug-likeness (QED) is 0.469. The number of ether oxygens (including phenoxy) is 1.